The SMILES string of the molecule is CN1CCCC(CCCc2ccc(-c3ccn4c(-c5ccc(CNC(=O)Nc6cccc(C(F)(F)F)c6)cc5)cnc4c3)cn2)CC1. The molecule has 2 amide bonds. The predicted octanol–water partition coefficient (Wildman–Crippen LogP) is 8.46. The lowest BCUT2D eigenvalue weighted by molar-refractivity contribution is -0.137. The van der Waals surface area contributed by atoms with Crippen LogP contribution in [0.3, 0.4) is 0 Å². The number of halogens is 3. The Morgan fingerprint density at radius 2 is 1.74 bits per heavy atom. The van der Waals surface area contributed by atoms with Crippen LogP contribution in [0.25, 0.3) is 28.0 Å². The molecule has 1 aliphatic heterocycles. The fourth-order valence-electron chi connectivity index (χ4n) is 6.21. The second-order valence-electron chi connectivity index (χ2n) is 12.4. The standard InChI is InChI=1S/C37H39F3N6O/c1-45-18-4-6-26(16-19-45)5-2-8-32-15-14-30(24-41-32)29-17-20-46-34(25-42-35(46)21-29)28-12-10-27(11-13-28)23-43-36(47)44-33-9-3-7-31(22-33)37(38,39)40/h3,7,9-15,17,20-22,24-26H,2,4-6,8,16,18-19,23H2,1H3,(H2,43,44,47). The lowest BCUT2D eigenvalue weighted by Gasteiger charge is -2.14. The van der Waals surface area contributed by atoms with Gasteiger partial charge in [0.2, 0.25) is 0 Å². The highest BCUT2D eigenvalue weighted by molar-refractivity contribution is 5.89. The first-order chi connectivity index (χ1) is 22.7. The zero-order valence-corrected chi connectivity index (χ0v) is 26.4. The Kier molecular flexibility index (Phi) is 9.87. The Hall–Kier alpha value is -4.70. The van der Waals surface area contributed by atoms with E-state index in [4.69, 9.17) is 4.98 Å². The maximum Gasteiger partial charge on any atom is 0.416 e. The molecule has 1 atom stereocenters. The van der Waals surface area contributed by atoms with Crippen LogP contribution in [-0.2, 0) is 19.1 Å². The number of aryl methyl sites for hydroxylation is 1. The zero-order valence-electron chi connectivity index (χ0n) is 26.4. The summed E-state index contributed by atoms with van der Waals surface area (Å²) in [6, 6.07) is 20.1. The van der Waals surface area contributed by atoms with Crippen molar-refractivity contribution in [3.8, 4) is 22.4 Å². The molecule has 0 aliphatic carbocycles. The number of alkyl halides is 3. The smallest absolute Gasteiger partial charge is 0.334 e. The van der Waals surface area contributed by atoms with Gasteiger partial charge in [0, 0.05) is 41.4 Å². The Morgan fingerprint density at radius 1 is 0.915 bits per heavy atom. The number of anilines is 1. The topological polar surface area (TPSA) is 74.6 Å². The second kappa shape index (κ2) is 14.4. The molecule has 5 aromatic rings. The van der Waals surface area contributed by atoms with Crippen molar-refractivity contribution in [3.63, 3.8) is 0 Å². The number of aromatic nitrogens is 3. The van der Waals surface area contributed by atoms with Gasteiger partial charge >= 0.3 is 12.2 Å². The number of carbonyl (C=O) groups is 1. The molecular formula is C37H39F3N6O. The molecule has 2 aromatic carbocycles. The summed E-state index contributed by atoms with van der Waals surface area (Å²) in [5.41, 5.74) is 6.07. The molecule has 0 radical (unpaired) electrons. The van der Waals surface area contributed by atoms with Gasteiger partial charge in [0.05, 0.1) is 17.5 Å². The van der Waals surface area contributed by atoms with Gasteiger partial charge in [-0.15, -0.1) is 0 Å². The number of benzene rings is 2. The number of imidazole rings is 1. The number of pyridine rings is 2. The number of nitrogens with one attached hydrogen (secondary N) is 2. The second-order valence-corrected chi connectivity index (χ2v) is 12.4. The summed E-state index contributed by atoms with van der Waals surface area (Å²) in [7, 11) is 2.22. The van der Waals surface area contributed by atoms with E-state index in [1.807, 2.05) is 47.3 Å². The number of rotatable bonds is 9. The van der Waals surface area contributed by atoms with Crippen molar-refractivity contribution < 1.29 is 18.0 Å². The summed E-state index contributed by atoms with van der Waals surface area (Å²) in [5, 5.41) is 5.14. The van der Waals surface area contributed by atoms with Gasteiger partial charge < -0.3 is 15.5 Å². The Morgan fingerprint density at radius 3 is 2.53 bits per heavy atom. The summed E-state index contributed by atoms with van der Waals surface area (Å²) in [5.74, 6) is 0.836. The summed E-state index contributed by atoms with van der Waals surface area (Å²) < 4.78 is 40.9. The highest BCUT2D eigenvalue weighted by Crippen LogP contribution is 2.31. The summed E-state index contributed by atoms with van der Waals surface area (Å²) in [6.45, 7) is 2.65. The first kappa shape index (κ1) is 32.2. The van der Waals surface area contributed by atoms with Crippen molar-refractivity contribution in [2.45, 2.75) is 51.2 Å². The lowest BCUT2D eigenvalue weighted by Crippen LogP contribution is -2.28. The first-order valence-electron chi connectivity index (χ1n) is 16.1. The minimum Gasteiger partial charge on any atom is -0.334 e. The Balaban J connectivity index is 1.02. The number of carbonyl (C=O) groups excluding carboxylic acids is 1. The largest absolute Gasteiger partial charge is 0.416 e. The number of nitrogens with zero attached hydrogens (tertiary/aromatic N) is 4. The molecule has 244 valence electrons. The van der Waals surface area contributed by atoms with Crippen LogP contribution >= 0.6 is 0 Å². The van der Waals surface area contributed by atoms with Crippen LogP contribution in [0, 0.1) is 5.92 Å². The molecule has 4 heterocycles. The molecule has 1 fully saturated rings. The van der Waals surface area contributed by atoms with E-state index in [1.165, 1.54) is 57.3 Å². The van der Waals surface area contributed by atoms with Crippen molar-refractivity contribution in [3.05, 3.63) is 108 Å². The molecule has 3 aromatic heterocycles. The predicted molar refractivity (Wildman–Crippen MR) is 179 cm³/mol. The monoisotopic (exact) mass is 640 g/mol. The molecule has 47 heavy (non-hydrogen) atoms. The van der Waals surface area contributed by atoms with Crippen LogP contribution < -0.4 is 10.6 Å². The van der Waals surface area contributed by atoms with Gasteiger partial charge in [-0.2, -0.15) is 13.2 Å². The maximum atomic E-state index is 12.9. The summed E-state index contributed by atoms with van der Waals surface area (Å²) in [6.07, 6.45) is 8.75. The molecule has 6 rings (SSSR count). The van der Waals surface area contributed by atoms with Crippen LogP contribution in [0.1, 0.15) is 48.9 Å². The molecule has 10 heteroatoms. The summed E-state index contributed by atoms with van der Waals surface area (Å²) >= 11 is 0. The average molecular weight is 641 g/mol. The summed E-state index contributed by atoms with van der Waals surface area (Å²) in [4.78, 5) is 24.1. The van der Waals surface area contributed by atoms with Crippen molar-refractivity contribution in [2.75, 3.05) is 25.5 Å². The highest BCUT2D eigenvalue weighted by Gasteiger charge is 2.30. The number of hydrogen-bond acceptors (Lipinski definition) is 4. The van der Waals surface area contributed by atoms with Crippen molar-refractivity contribution >= 4 is 17.4 Å². The van der Waals surface area contributed by atoms with Crippen molar-refractivity contribution in [2.24, 2.45) is 5.92 Å². The minimum atomic E-state index is -4.48. The molecule has 1 aliphatic rings. The van der Waals surface area contributed by atoms with Crippen LogP contribution in [-0.4, -0.2) is 45.4 Å². The van der Waals surface area contributed by atoms with Crippen LogP contribution in [0.2, 0.25) is 0 Å². The molecule has 1 unspecified atom stereocenters. The van der Waals surface area contributed by atoms with Crippen LogP contribution in [0.15, 0.2) is 91.4 Å². The van der Waals surface area contributed by atoms with Gasteiger partial charge in [0.15, 0.2) is 0 Å². The van der Waals surface area contributed by atoms with Crippen molar-refractivity contribution in [1.82, 2.24) is 24.6 Å². The number of amides is 2. The van der Waals surface area contributed by atoms with E-state index < -0.39 is 17.8 Å². The van der Waals surface area contributed by atoms with Gasteiger partial charge in [-0.05, 0) is 106 Å². The van der Waals surface area contributed by atoms with E-state index in [0.29, 0.717) is 0 Å². The van der Waals surface area contributed by atoms with Gasteiger partial charge in [0.25, 0.3) is 0 Å². The van der Waals surface area contributed by atoms with Gasteiger partial charge in [-0.25, -0.2) is 9.78 Å². The van der Waals surface area contributed by atoms with Crippen LogP contribution in [0.4, 0.5) is 23.7 Å². The third kappa shape index (κ3) is 8.37. The maximum absolute atomic E-state index is 12.9. The highest BCUT2D eigenvalue weighted by atomic mass is 19.4. The van der Waals surface area contributed by atoms with Crippen molar-refractivity contribution in [1.29, 1.82) is 0 Å². The number of hydrogen-bond donors (Lipinski definition) is 2. The third-order valence-electron chi connectivity index (χ3n) is 8.94. The quantitative estimate of drug-likeness (QED) is 0.170. The molecule has 0 saturated carbocycles. The normalized spacial score (nSPS) is 15.8. The first-order valence-corrected chi connectivity index (χ1v) is 16.1. The van der Waals surface area contributed by atoms with Gasteiger partial charge in [-0.3, -0.25) is 9.38 Å². The van der Waals surface area contributed by atoms with E-state index >= 15 is 0 Å². The number of urea groups is 1. The Bertz CT molecular complexity index is 1800. The van der Waals surface area contributed by atoms with E-state index in [2.05, 4.69) is 51.8 Å². The molecular weight excluding hydrogens is 601 g/mol. The van der Waals surface area contributed by atoms with E-state index in [9.17, 15) is 18.0 Å². The van der Waals surface area contributed by atoms with E-state index in [1.54, 1.807) is 0 Å². The molecule has 2 N–H and O–H groups in total. The lowest BCUT2D eigenvalue weighted by atomic mass is 9.94. The third-order valence-corrected chi connectivity index (χ3v) is 8.94. The molecule has 7 nitrogen and oxygen atoms in total. The minimum absolute atomic E-state index is 0.0701. The van der Waals surface area contributed by atoms with E-state index in [0.717, 1.165) is 63.8 Å². The Labute approximate surface area is 272 Å². The van der Waals surface area contributed by atoms with Gasteiger partial charge in [-0.1, -0.05) is 42.8 Å². The van der Waals surface area contributed by atoms with E-state index in [-0.39, 0.29) is 12.2 Å². The number of likely N-dealkylation sites (tertiary alicyclic amines) is 1. The van der Waals surface area contributed by atoms with Crippen LogP contribution in [0.5, 0.6) is 0 Å². The molecule has 0 spiro atoms. The average Bonchev–Trinajstić information content (AvgIpc) is 3.38. The fraction of sp³-hybridized carbons (Fsp3) is 0.324. The molecule has 0 bridgehead atoms. The zero-order chi connectivity index (χ0) is 32.8. The molecule has 1 saturated heterocycles. The number of fused-ring (bicyclic) bond motifs is 1. The fourth-order valence-corrected chi connectivity index (χ4v) is 6.21. The van der Waals surface area contributed by atoms with Gasteiger partial charge in [0.1, 0.15) is 5.65 Å².